The van der Waals surface area contributed by atoms with E-state index in [1.807, 2.05) is 38.1 Å². The molecule has 21 heavy (non-hydrogen) atoms. The Labute approximate surface area is 133 Å². The fraction of sp³-hybridized carbons (Fsp3) is 0.294. The van der Waals surface area contributed by atoms with Gasteiger partial charge in [0.05, 0.1) is 0 Å². The molecule has 4 heteroatoms. The highest BCUT2D eigenvalue weighted by Gasteiger charge is 2.23. The molecule has 0 aliphatic rings. The van der Waals surface area contributed by atoms with Crippen LogP contribution in [0.15, 0.2) is 46.9 Å². The van der Waals surface area contributed by atoms with Gasteiger partial charge in [-0.05, 0) is 31.0 Å². The maximum absolute atomic E-state index is 13.4. The first-order valence-electron chi connectivity index (χ1n) is 6.95. The van der Waals surface area contributed by atoms with E-state index in [1.165, 1.54) is 12.1 Å². The first kappa shape index (κ1) is 16.0. The zero-order valence-electron chi connectivity index (χ0n) is 12.1. The molecule has 0 fully saturated rings. The van der Waals surface area contributed by atoms with E-state index >= 15 is 0 Å². The summed E-state index contributed by atoms with van der Waals surface area (Å²) in [5.41, 5.74) is 8.07. The van der Waals surface area contributed by atoms with Crippen LogP contribution in [0, 0.1) is 12.7 Å². The second-order valence-electron chi connectivity index (χ2n) is 5.04. The molecule has 2 aromatic carbocycles. The van der Waals surface area contributed by atoms with Crippen molar-refractivity contribution in [2.45, 2.75) is 32.4 Å². The summed E-state index contributed by atoms with van der Waals surface area (Å²) in [6.45, 7) is 3.90. The highest BCUT2D eigenvalue weighted by atomic mass is 79.9. The van der Waals surface area contributed by atoms with E-state index in [9.17, 15) is 4.39 Å². The summed E-state index contributed by atoms with van der Waals surface area (Å²) in [5.74, 6) is 0.214. The SMILES string of the molecule is CCC(N)C(Oc1cc(F)ccc1C)c1ccccc1Br. The van der Waals surface area contributed by atoms with Gasteiger partial charge < -0.3 is 10.5 Å². The molecule has 0 radical (unpaired) electrons. The third-order valence-electron chi connectivity index (χ3n) is 3.48. The van der Waals surface area contributed by atoms with E-state index in [0.717, 1.165) is 22.0 Å². The van der Waals surface area contributed by atoms with Gasteiger partial charge in [-0.3, -0.25) is 0 Å². The topological polar surface area (TPSA) is 35.2 Å². The Bertz CT molecular complexity index is 617. The predicted octanol–water partition coefficient (Wildman–Crippen LogP) is 4.75. The van der Waals surface area contributed by atoms with Crippen molar-refractivity contribution in [3.63, 3.8) is 0 Å². The normalized spacial score (nSPS) is 13.8. The Morgan fingerprint density at radius 3 is 2.62 bits per heavy atom. The van der Waals surface area contributed by atoms with Crippen molar-refractivity contribution in [2.75, 3.05) is 0 Å². The zero-order valence-corrected chi connectivity index (χ0v) is 13.7. The van der Waals surface area contributed by atoms with E-state index in [0.29, 0.717) is 5.75 Å². The molecule has 2 aromatic rings. The predicted molar refractivity (Wildman–Crippen MR) is 86.9 cm³/mol. The zero-order chi connectivity index (χ0) is 15.4. The Balaban J connectivity index is 2.38. The Hall–Kier alpha value is -1.39. The molecule has 0 saturated carbocycles. The number of hydrogen-bond donors (Lipinski definition) is 1. The monoisotopic (exact) mass is 351 g/mol. The number of hydrogen-bond acceptors (Lipinski definition) is 2. The third-order valence-corrected chi connectivity index (χ3v) is 4.20. The molecule has 0 aliphatic heterocycles. The summed E-state index contributed by atoms with van der Waals surface area (Å²) in [4.78, 5) is 0. The lowest BCUT2D eigenvalue weighted by molar-refractivity contribution is 0.168. The molecular weight excluding hydrogens is 333 g/mol. The van der Waals surface area contributed by atoms with Crippen molar-refractivity contribution < 1.29 is 9.13 Å². The molecule has 0 aliphatic carbocycles. The quantitative estimate of drug-likeness (QED) is 0.843. The largest absolute Gasteiger partial charge is 0.484 e. The van der Waals surface area contributed by atoms with Crippen LogP contribution < -0.4 is 10.5 Å². The van der Waals surface area contributed by atoms with Crippen LogP contribution in [0.4, 0.5) is 4.39 Å². The molecule has 2 atom stereocenters. The summed E-state index contributed by atoms with van der Waals surface area (Å²) in [7, 11) is 0. The Kier molecular flexibility index (Phi) is 5.37. The number of ether oxygens (including phenoxy) is 1. The van der Waals surface area contributed by atoms with E-state index in [2.05, 4.69) is 15.9 Å². The number of aryl methyl sites for hydroxylation is 1. The molecule has 0 bridgehead atoms. The number of nitrogens with two attached hydrogens (primary N) is 1. The lowest BCUT2D eigenvalue weighted by Gasteiger charge is -2.26. The smallest absolute Gasteiger partial charge is 0.140 e. The van der Waals surface area contributed by atoms with Crippen molar-refractivity contribution in [3.05, 3.63) is 63.9 Å². The molecule has 0 amide bonds. The number of rotatable bonds is 5. The van der Waals surface area contributed by atoms with E-state index in [1.54, 1.807) is 6.07 Å². The highest BCUT2D eigenvalue weighted by molar-refractivity contribution is 9.10. The van der Waals surface area contributed by atoms with Crippen molar-refractivity contribution >= 4 is 15.9 Å². The van der Waals surface area contributed by atoms with Crippen molar-refractivity contribution in [3.8, 4) is 5.75 Å². The third kappa shape index (κ3) is 3.83. The van der Waals surface area contributed by atoms with Crippen molar-refractivity contribution in [1.82, 2.24) is 0 Å². The van der Waals surface area contributed by atoms with Gasteiger partial charge in [0.25, 0.3) is 0 Å². The van der Waals surface area contributed by atoms with E-state index in [-0.39, 0.29) is 18.0 Å². The molecule has 0 spiro atoms. The first-order chi connectivity index (χ1) is 10.0. The second kappa shape index (κ2) is 7.05. The number of benzene rings is 2. The van der Waals surface area contributed by atoms with E-state index in [4.69, 9.17) is 10.5 Å². The van der Waals surface area contributed by atoms with Gasteiger partial charge in [0, 0.05) is 22.1 Å². The van der Waals surface area contributed by atoms with Crippen molar-refractivity contribution in [1.29, 1.82) is 0 Å². The lowest BCUT2D eigenvalue weighted by atomic mass is 10.0. The molecule has 2 nitrogen and oxygen atoms in total. The summed E-state index contributed by atoms with van der Waals surface area (Å²) < 4.78 is 20.4. The molecule has 0 aromatic heterocycles. The van der Waals surface area contributed by atoms with Crippen LogP contribution in [-0.2, 0) is 0 Å². The van der Waals surface area contributed by atoms with Gasteiger partial charge in [0.15, 0.2) is 0 Å². The standard InChI is InChI=1S/C17H19BrFNO/c1-3-15(20)17(13-6-4-5-7-14(13)18)21-16-10-12(19)9-8-11(16)2/h4-10,15,17H,3,20H2,1-2H3. The maximum atomic E-state index is 13.4. The number of halogens is 2. The summed E-state index contributed by atoms with van der Waals surface area (Å²) in [6, 6.07) is 12.2. The molecule has 0 heterocycles. The van der Waals surface area contributed by atoms with Crippen LogP contribution in [0.2, 0.25) is 0 Å². The summed E-state index contributed by atoms with van der Waals surface area (Å²) in [5, 5.41) is 0. The average molecular weight is 352 g/mol. The fourth-order valence-electron chi connectivity index (χ4n) is 2.14. The minimum Gasteiger partial charge on any atom is -0.484 e. The Morgan fingerprint density at radius 1 is 1.24 bits per heavy atom. The van der Waals surface area contributed by atoms with Gasteiger partial charge >= 0.3 is 0 Å². The van der Waals surface area contributed by atoms with Crippen molar-refractivity contribution in [2.24, 2.45) is 5.73 Å². The Morgan fingerprint density at radius 2 is 1.95 bits per heavy atom. The average Bonchev–Trinajstić information content (AvgIpc) is 2.48. The van der Waals surface area contributed by atoms with Crippen LogP contribution in [0.3, 0.4) is 0 Å². The molecule has 2 rings (SSSR count). The minimum absolute atomic E-state index is 0.175. The van der Waals surface area contributed by atoms with Crippen LogP contribution in [0.25, 0.3) is 0 Å². The highest BCUT2D eigenvalue weighted by Crippen LogP contribution is 2.32. The van der Waals surface area contributed by atoms with Gasteiger partial charge in [-0.2, -0.15) is 0 Å². The van der Waals surface area contributed by atoms with Crippen LogP contribution in [0.5, 0.6) is 5.75 Å². The maximum Gasteiger partial charge on any atom is 0.140 e. The van der Waals surface area contributed by atoms with E-state index < -0.39 is 0 Å². The van der Waals surface area contributed by atoms with Crippen LogP contribution in [-0.4, -0.2) is 6.04 Å². The van der Waals surface area contributed by atoms with Crippen LogP contribution >= 0.6 is 15.9 Å². The molecule has 0 saturated heterocycles. The van der Waals surface area contributed by atoms with Gasteiger partial charge in [0.1, 0.15) is 17.7 Å². The fourth-order valence-corrected chi connectivity index (χ4v) is 2.65. The molecule has 2 N–H and O–H groups in total. The second-order valence-corrected chi connectivity index (χ2v) is 5.90. The van der Waals surface area contributed by atoms with Crippen LogP contribution in [0.1, 0.15) is 30.6 Å². The summed E-state index contributed by atoms with van der Waals surface area (Å²) >= 11 is 3.53. The lowest BCUT2D eigenvalue weighted by Crippen LogP contribution is -2.31. The van der Waals surface area contributed by atoms with Gasteiger partial charge in [0.2, 0.25) is 0 Å². The summed E-state index contributed by atoms with van der Waals surface area (Å²) in [6.07, 6.45) is 0.437. The molecule has 2 unspecified atom stereocenters. The molecule has 112 valence electrons. The molecular formula is C17H19BrFNO. The van der Waals surface area contributed by atoms with Gasteiger partial charge in [-0.1, -0.05) is 47.1 Å². The van der Waals surface area contributed by atoms with Gasteiger partial charge in [-0.25, -0.2) is 4.39 Å². The first-order valence-corrected chi connectivity index (χ1v) is 7.75. The minimum atomic E-state index is -0.328. The van der Waals surface area contributed by atoms with Gasteiger partial charge in [-0.15, -0.1) is 0 Å².